The predicted octanol–water partition coefficient (Wildman–Crippen LogP) is 3.19. The van der Waals surface area contributed by atoms with Gasteiger partial charge in [0.15, 0.2) is 0 Å². The zero-order chi connectivity index (χ0) is 10.0. The molecular formula is C8H6ClFO2S. The highest BCUT2D eigenvalue weighted by molar-refractivity contribution is 7.17. The van der Waals surface area contributed by atoms with Gasteiger partial charge in [0, 0.05) is 10.5 Å². The Hall–Kier alpha value is -0.870. The van der Waals surface area contributed by atoms with E-state index in [-0.39, 0.29) is 5.57 Å². The van der Waals surface area contributed by atoms with Crippen molar-refractivity contribution in [2.45, 2.75) is 6.92 Å². The Labute approximate surface area is 83.3 Å². The van der Waals surface area contributed by atoms with Crippen molar-refractivity contribution in [3.63, 3.8) is 0 Å². The lowest BCUT2D eigenvalue weighted by molar-refractivity contribution is -0.134. The van der Waals surface area contributed by atoms with Gasteiger partial charge in [-0.1, -0.05) is 11.6 Å². The maximum atomic E-state index is 12.9. The zero-order valence-corrected chi connectivity index (χ0v) is 8.25. The van der Waals surface area contributed by atoms with Crippen LogP contribution in [-0.4, -0.2) is 11.1 Å². The summed E-state index contributed by atoms with van der Waals surface area (Å²) >= 11 is 6.76. The predicted molar refractivity (Wildman–Crippen MR) is 50.7 cm³/mol. The molecule has 0 aromatic carbocycles. The van der Waals surface area contributed by atoms with E-state index in [1.807, 2.05) is 0 Å². The Morgan fingerprint density at radius 1 is 1.62 bits per heavy atom. The molecule has 0 saturated carbocycles. The van der Waals surface area contributed by atoms with Crippen LogP contribution in [0.3, 0.4) is 0 Å². The third-order valence-corrected chi connectivity index (χ3v) is 2.81. The highest BCUT2D eigenvalue weighted by Crippen LogP contribution is 2.29. The van der Waals surface area contributed by atoms with Crippen molar-refractivity contribution >= 4 is 34.5 Å². The smallest absolute Gasteiger partial charge is 0.365 e. The van der Waals surface area contributed by atoms with Crippen LogP contribution < -0.4 is 0 Å². The Balaban J connectivity index is 3.09. The number of aliphatic carboxylic acids is 1. The minimum Gasteiger partial charge on any atom is -0.476 e. The minimum atomic E-state index is -1.55. The maximum Gasteiger partial charge on any atom is 0.365 e. The van der Waals surface area contributed by atoms with E-state index in [1.165, 1.54) is 6.92 Å². The van der Waals surface area contributed by atoms with Crippen LogP contribution in [0.2, 0.25) is 4.34 Å². The Bertz CT molecular complexity index is 370. The largest absolute Gasteiger partial charge is 0.476 e. The molecule has 0 atom stereocenters. The SMILES string of the molecule is CC(=C(F)C(=O)O)c1ccc(Cl)s1. The topological polar surface area (TPSA) is 37.3 Å². The standard InChI is InChI=1S/C8H6ClFO2S/c1-4(7(10)8(11)12)5-2-3-6(9)13-5/h2-3H,1H3,(H,11,12). The molecule has 0 aliphatic rings. The van der Waals surface area contributed by atoms with E-state index in [2.05, 4.69) is 0 Å². The summed E-state index contributed by atoms with van der Waals surface area (Å²) in [5.41, 5.74) is 0.101. The van der Waals surface area contributed by atoms with Crippen molar-refractivity contribution in [3.8, 4) is 0 Å². The van der Waals surface area contributed by atoms with E-state index < -0.39 is 11.8 Å². The van der Waals surface area contributed by atoms with Gasteiger partial charge in [0.1, 0.15) is 0 Å². The fourth-order valence-corrected chi connectivity index (χ4v) is 1.82. The summed E-state index contributed by atoms with van der Waals surface area (Å²) in [7, 11) is 0. The van der Waals surface area contributed by atoms with Gasteiger partial charge < -0.3 is 5.11 Å². The number of hydrogen-bond acceptors (Lipinski definition) is 2. The highest BCUT2D eigenvalue weighted by atomic mass is 35.5. The maximum absolute atomic E-state index is 12.9. The number of halogens is 2. The first-order valence-electron chi connectivity index (χ1n) is 3.37. The van der Waals surface area contributed by atoms with Gasteiger partial charge in [-0.2, -0.15) is 4.39 Å². The molecule has 0 fully saturated rings. The van der Waals surface area contributed by atoms with Crippen LogP contribution in [0.1, 0.15) is 11.8 Å². The second-order valence-corrected chi connectivity index (χ2v) is 4.06. The van der Waals surface area contributed by atoms with Crippen LogP contribution in [0.5, 0.6) is 0 Å². The molecule has 1 aromatic heterocycles. The van der Waals surface area contributed by atoms with E-state index in [4.69, 9.17) is 16.7 Å². The van der Waals surface area contributed by atoms with Crippen molar-refractivity contribution in [3.05, 3.63) is 27.2 Å². The van der Waals surface area contributed by atoms with Gasteiger partial charge in [0.05, 0.1) is 4.34 Å². The Morgan fingerprint density at radius 3 is 2.62 bits per heavy atom. The summed E-state index contributed by atoms with van der Waals surface area (Å²) in [5.74, 6) is -2.69. The summed E-state index contributed by atoms with van der Waals surface area (Å²) in [6.07, 6.45) is 0. The fraction of sp³-hybridized carbons (Fsp3) is 0.125. The van der Waals surface area contributed by atoms with E-state index in [9.17, 15) is 9.18 Å². The second-order valence-electron chi connectivity index (χ2n) is 2.35. The van der Waals surface area contributed by atoms with Gasteiger partial charge in [0.25, 0.3) is 0 Å². The lowest BCUT2D eigenvalue weighted by atomic mass is 10.2. The van der Waals surface area contributed by atoms with Crippen LogP contribution in [0.15, 0.2) is 18.0 Å². The number of hydrogen-bond donors (Lipinski definition) is 1. The number of carboxylic acid groups (broad SMARTS) is 1. The van der Waals surface area contributed by atoms with E-state index >= 15 is 0 Å². The lowest BCUT2D eigenvalue weighted by Gasteiger charge is -1.96. The van der Waals surface area contributed by atoms with Gasteiger partial charge in [-0.25, -0.2) is 4.79 Å². The molecule has 0 unspecified atom stereocenters. The summed E-state index contributed by atoms with van der Waals surface area (Å²) in [6.45, 7) is 1.41. The van der Waals surface area contributed by atoms with E-state index in [0.717, 1.165) is 11.3 Å². The molecule has 1 rings (SSSR count). The normalized spacial score (nSPS) is 12.5. The first kappa shape index (κ1) is 10.2. The molecule has 2 nitrogen and oxygen atoms in total. The number of carboxylic acids is 1. The van der Waals surface area contributed by atoms with Gasteiger partial charge in [-0.05, 0) is 19.1 Å². The Morgan fingerprint density at radius 2 is 2.23 bits per heavy atom. The van der Waals surface area contributed by atoms with Crippen molar-refractivity contribution < 1.29 is 14.3 Å². The van der Waals surface area contributed by atoms with Crippen LogP contribution in [0.25, 0.3) is 5.57 Å². The molecule has 0 radical (unpaired) electrons. The molecule has 1 N–H and O–H groups in total. The molecule has 0 amide bonds. The van der Waals surface area contributed by atoms with Crippen molar-refractivity contribution in [2.24, 2.45) is 0 Å². The fourth-order valence-electron chi connectivity index (χ4n) is 0.784. The summed E-state index contributed by atoms with van der Waals surface area (Å²) in [5, 5.41) is 8.36. The van der Waals surface area contributed by atoms with Crippen molar-refractivity contribution in [1.82, 2.24) is 0 Å². The molecule has 0 spiro atoms. The molecule has 0 aliphatic heterocycles. The lowest BCUT2D eigenvalue weighted by Crippen LogP contribution is -1.96. The number of rotatable bonds is 2. The molecule has 0 aliphatic carbocycles. The summed E-state index contributed by atoms with van der Waals surface area (Å²) in [4.78, 5) is 10.8. The van der Waals surface area contributed by atoms with Gasteiger partial charge in [-0.15, -0.1) is 11.3 Å². The van der Waals surface area contributed by atoms with Crippen LogP contribution in [-0.2, 0) is 4.79 Å². The average molecular weight is 221 g/mol. The highest BCUT2D eigenvalue weighted by Gasteiger charge is 2.12. The first-order valence-corrected chi connectivity index (χ1v) is 4.57. The number of allylic oxidation sites excluding steroid dienone is 1. The number of carbonyl (C=O) groups is 1. The van der Waals surface area contributed by atoms with Gasteiger partial charge in [-0.3, -0.25) is 0 Å². The third-order valence-electron chi connectivity index (χ3n) is 1.46. The molecule has 70 valence electrons. The van der Waals surface area contributed by atoms with E-state index in [0.29, 0.717) is 9.21 Å². The number of thiophene rings is 1. The van der Waals surface area contributed by atoms with Crippen molar-refractivity contribution in [2.75, 3.05) is 0 Å². The molecule has 0 bridgehead atoms. The molecule has 1 aromatic rings. The van der Waals surface area contributed by atoms with Crippen molar-refractivity contribution in [1.29, 1.82) is 0 Å². The second kappa shape index (κ2) is 3.89. The molecule has 5 heteroatoms. The average Bonchev–Trinajstić information content (AvgIpc) is 2.49. The summed E-state index contributed by atoms with van der Waals surface area (Å²) in [6, 6.07) is 3.19. The van der Waals surface area contributed by atoms with Gasteiger partial charge >= 0.3 is 5.97 Å². The van der Waals surface area contributed by atoms with E-state index in [1.54, 1.807) is 12.1 Å². The molecule has 1 heterocycles. The zero-order valence-electron chi connectivity index (χ0n) is 6.67. The van der Waals surface area contributed by atoms with Crippen LogP contribution in [0, 0.1) is 0 Å². The monoisotopic (exact) mass is 220 g/mol. The van der Waals surface area contributed by atoms with Crippen LogP contribution >= 0.6 is 22.9 Å². The Kier molecular flexibility index (Phi) is 3.06. The van der Waals surface area contributed by atoms with Gasteiger partial charge in [0.2, 0.25) is 5.83 Å². The molecule has 13 heavy (non-hydrogen) atoms. The first-order chi connectivity index (χ1) is 6.02. The minimum absolute atomic E-state index is 0.101. The quantitative estimate of drug-likeness (QED) is 0.778. The summed E-state index contributed by atoms with van der Waals surface area (Å²) < 4.78 is 13.4. The third kappa shape index (κ3) is 2.29. The van der Waals surface area contributed by atoms with Crippen LogP contribution in [0.4, 0.5) is 4.39 Å². The molecule has 0 saturated heterocycles. The molecular weight excluding hydrogens is 215 g/mol.